The second kappa shape index (κ2) is 14.5. The minimum Gasteiger partial charge on any atom is -0.479 e. The Morgan fingerprint density at radius 3 is 2.09 bits per heavy atom. The van der Waals surface area contributed by atoms with Gasteiger partial charge in [0.25, 0.3) is 0 Å². The van der Waals surface area contributed by atoms with Crippen LogP contribution in [0.3, 0.4) is 0 Å². The fourth-order valence-electron chi connectivity index (χ4n) is 3.64. The molecule has 34 heavy (non-hydrogen) atoms. The molecule has 3 aromatic rings. The molecule has 0 bridgehead atoms. The first-order chi connectivity index (χ1) is 16.7. The van der Waals surface area contributed by atoms with Gasteiger partial charge in [0.2, 0.25) is 0 Å². The monoisotopic (exact) mass is 476 g/mol. The highest BCUT2D eigenvalue weighted by molar-refractivity contribution is 7.99. The van der Waals surface area contributed by atoms with Gasteiger partial charge in [-0.05, 0) is 60.1 Å². The smallest absolute Gasteiger partial charge is 0.347 e. The molecule has 180 valence electrons. The van der Waals surface area contributed by atoms with E-state index in [9.17, 15) is 4.79 Å². The number of carbonyl (C=O) groups is 1. The van der Waals surface area contributed by atoms with Crippen molar-refractivity contribution >= 4 is 17.7 Å². The van der Waals surface area contributed by atoms with Crippen molar-refractivity contribution in [3.63, 3.8) is 0 Å². The number of esters is 1. The fraction of sp³-hybridized carbons (Fsp3) is 0.367. The van der Waals surface area contributed by atoms with E-state index in [-0.39, 0.29) is 12.6 Å². The van der Waals surface area contributed by atoms with Gasteiger partial charge in [-0.2, -0.15) is 0 Å². The van der Waals surface area contributed by atoms with E-state index in [0.717, 1.165) is 11.1 Å². The Morgan fingerprint density at radius 2 is 1.41 bits per heavy atom. The molecule has 4 heteroatoms. The maximum absolute atomic E-state index is 12.2. The number of hydrogen-bond donors (Lipinski definition) is 0. The van der Waals surface area contributed by atoms with Crippen LogP contribution in [0, 0.1) is 0 Å². The Hall–Kier alpha value is -2.72. The first-order valence-corrected chi connectivity index (χ1v) is 13.3. The summed E-state index contributed by atoms with van der Waals surface area (Å²) in [7, 11) is 0. The maximum Gasteiger partial charge on any atom is 0.347 e. The van der Waals surface area contributed by atoms with Crippen molar-refractivity contribution in [3.8, 4) is 16.9 Å². The van der Waals surface area contributed by atoms with Crippen LogP contribution in [0.4, 0.5) is 0 Å². The summed E-state index contributed by atoms with van der Waals surface area (Å²) in [4.78, 5) is 13.6. The first-order valence-electron chi connectivity index (χ1n) is 12.4. The van der Waals surface area contributed by atoms with E-state index in [2.05, 4.69) is 31.2 Å². The molecule has 0 aliphatic carbocycles. The number of hydrogen-bond acceptors (Lipinski definition) is 4. The van der Waals surface area contributed by atoms with Gasteiger partial charge < -0.3 is 9.47 Å². The Bertz CT molecular complexity index is 968. The lowest BCUT2D eigenvalue weighted by Gasteiger charge is -2.14. The predicted octanol–water partition coefficient (Wildman–Crippen LogP) is 8.32. The molecule has 0 fully saturated rings. The van der Waals surface area contributed by atoms with Crippen molar-refractivity contribution in [1.29, 1.82) is 0 Å². The lowest BCUT2D eigenvalue weighted by Crippen LogP contribution is -2.26. The highest BCUT2D eigenvalue weighted by Crippen LogP contribution is 2.27. The molecule has 0 heterocycles. The van der Waals surface area contributed by atoms with Crippen LogP contribution in [0.1, 0.15) is 57.9 Å². The topological polar surface area (TPSA) is 35.5 Å². The zero-order valence-corrected chi connectivity index (χ0v) is 21.2. The highest BCUT2D eigenvalue weighted by atomic mass is 32.2. The minimum atomic E-state index is -0.669. The van der Waals surface area contributed by atoms with Gasteiger partial charge in [0, 0.05) is 4.90 Å². The van der Waals surface area contributed by atoms with Crippen LogP contribution in [-0.4, -0.2) is 17.8 Å². The van der Waals surface area contributed by atoms with Gasteiger partial charge in [-0.3, -0.25) is 0 Å². The Kier molecular flexibility index (Phi) is 11.1. The van der Waals surface area contributed by atoms with E-state index in [1.165, 1.54) is 54.7 Å². The van der Waals surface area contributed by atoms with Gasteiger partial charge in [-0.1, -0.05) is 93.6 Å². The summed E-state index contributed by atoms with van der Waals surface area (Å²) in [6.07, 6.45) is 7.36. The average Bonchev–Trinajstić information content (AvgIpc) is 2.88. The van der Waals surface area contributed by atoms with E-state index in [1.54, 1.807) is 6.92 Å². The molecule has 3 aromatic carbocycles. The second-order valence-corrected chi connectivity index (χ2v) is 9.69. The number of thioether (sulfide) groups is 1. The van der Waals surface area contributed by atoms with Crippen molar-refractivity contribution < 1.29 is 14.3 Å². The van der Waals surface area contributed by atoms with E-state index >= 15 is 0 Å². The number of ether oxygens (including phenoxy) is 2. The summed E-state index contributed by atoms with van der Waals surface area (Å²) in [5, 5.41) is 0. The maximum atomic E-state index is 12.2. The third-order valence-corrected chi connectivity index (χ3v) is 6.78. The third kappa shape index (κ3) is 8.90. The minimum absolute atomic E-state index is 0.250. The van der Waals surface area contributed by atoms with Gasteiger partial charge in [-0.15, -0.1) is 11.8 Å². The zero-order valence-electron chi connectivity index (χ0n) is 20.4. The van der Waals surface area contributed by atoms with Crippen molar-refractivity contribution in [1.82, 2.24) is 0 Å². The van der Waals surface area contributed by atoms with Crippen LogP contribution >= 0.6 is 11.8 Å². The molecular formula is C30H36O3S. The van der Waals surface area contributed by atoms with Crippen molar-refractivity contribution in [2.24, 2.45) is 0 Å². The molecule has 0 N–H and O–H groups in total. The normalized spacial score (nSPS) is 11.7. The summed E-state index contributed by atoms with van der Waals surface area (Å²) < 4.78 is 11.1. The molecule has 0 aromatic heterocycles. The summed E-state index contributed by atoms with van der Waals surface area (Å²) >= 11 is 1.94. The van der Waals surface area contributed by atoms with Crippen LogP contribution in [0.25, 0.3) is 11.1 Å². The lowest BCUT2D eigenvalue weighted by atomic mass is 10.1. The zero-order chi connectivity index (χ0) is 24.0. The van der Waals surface area contributed by atoms with E-state index < -0.39 is 6.10 Å². The lowest BCUT2D eigenvalue weighted by molar-refractivity contribution is -0.152. The van der Waals surface area contributed by atoms with Crippen LogP contribution < -0.4 is 4.74 Å². The summed E-state index contributed by atoms with van der Waals surface area (Å²) in [5.74, 6) is 1.46. The highest BCUT2D eigenvalue weighted by Gasteiger charge is 2.16. The molecule has 0 aliphatic heterocycles. The summed E-state index contributed by atoms with van der Waals surface area (Å²) in [6.45, 7) is 4.22. The van der Waals surface area contributed by atoms with Crippen LogP contribution in [0.2, 0.25) is 0 Å². The SMILES string of the molecule is CCCCCCCCSc1ccc(-c2ccc(O[C@H](C)C(=O)OCc3ccccc3)cc2)cc1. The van der Waals surface area contributed by atoms with Crippen molar-refractivity contribution in [2.75, 3.05) is 5.75 Å². The third-order valence-electron chi connectivity index (χ3n) is 5.68. The number of benzene rings is 3. The molecule has 3 rings (SSSR count). The van der Waals surface area contributed by atoms with Gasteiger partial charge in [0.1, 0.15) is 12.4 Å². The largest absolute Gasteiger partial charge is 0.479 e. The Labute approximate surface area is 208 Å². The van der Waals surface area contributed by atoms with Gasteiger partial charge in [-0.25, -0.2) is 4.79 Å². The molecule has 0 unspecified atom stereocenters. The van der Waals surface area contributed by atoms with E-state index in [0.29, 0.717) is 5.75 Å². The van der Waals surface area contributed by atoms with E-state index in [1.807, 2.05) is 66.4 Å². The van der Waals surface area contributed by atoms with Gasteiger partial charge in [0.05, 0.1) is 0 Å². The Balaban J connectivity index is 1.42. The average molecular weight is 477 g/mol. The second-order valence-electron chi connectivity index (χ2n) is 8.52. The van der Waals surface area contributed by atoms with Crippen molar-refractivity contribution in [3.05, 3.63) is 84.4 Å². The molecular weight excluding hydrogens is 440 g/mol. The predicted molar refractivity (Wildman–Crippen MR) is 142 cm³/mol. The molecule has 0 spiro atoms. The molecule has 0 saturated carbocycles. The quantitative estimate of drug-likeness (QED) is 0.133. The number of carbonyl (C=O) groups excluding carboxylic acids is 1. The van der Waals surface area contributed by atoms with Crippen LogP contribution in [0.15, 0.2) is 83.8 Å². The standard InChI is InChI=1S/C30H36O3S/c1-3-4-5-6-7-11-22-34-29-20-16-27(17-21-29)26-14-18-28(19-15-26)33-24(2)30(31)32-23-25-12-9-8-10-13-25/h8-10,12-21,24H,3-7,11,22-23H2,1-2H3/t24-/m1/s1. The fourth-order valence-corrected chi connectivity index (χ4v) is 4.55. The van der Waals surface area contributed by atoms with Gasteiger partial charge in [0.15, 0.2) is 6.10 Å². The van der Waals surface area contributed by atoms with Crippen LogP contribution in [0.5, 0.6) is 5.75 Å². The Morgan fingerprint density at radius 1 is 0.794 bits per heavy atom. The first kappa shape index (κ1) is 25.9. The molecule has 3 nitrogen and oxygen atoms in total. The molecule has 0 saturated heterocycles. The van der Waals surface area contributed by atoms with E-state index in [4.69, 9.17) is 9.47 Å². The van der Waals surface area contributed by atoms with Crippen molar-refractivity contribution in [2.45, 2.75) is 70.0 Å². The van der Waals surface area contributed by atoms with Gasteiger partial charge >= 0.3 is 5.97 Å². The summed E-state index contributed by atoms with van der Waals surface area (Å²) in [5.41, 5.74) is 3.25. The number of unbranched alkanes of at least 4 members (excludes halogenated alkanes) is 5. The molecule has 0 amide bonds. The molecule has 0 aliphatic rings. The number of rotatable bonds is 14. The molecule has 0 radical (unpaired) electrons. The van der Waals surface area contributed by atoms with Crippen LogP contribution in [-0.2, 0) is 16.1 Å². The molecule has 1 atom stereocenters. The summed E-state index contributed by atoms with van der Waals surface area (Å²) in [6, 6.07) is 26.2.